The zero-order valence-corrected chi connectivity index (χ0v) is 13.2. The van der Waals surface area contributed by atoms with E-state index < -0.39 is 10.0 Å². The minimum Gasteiger partial charge on any atom is -0.399 e. The van der Waals surface area contributed by atoms with Gasteiger partial charge in [-0.2, -0.15) is 4.31 Å². The van der Waals surface area contributed by atoms with Crippen molar-refractivity contribution in [3.05, 3.63) is 23.8 Å². The van der Waals surface area contributed by atoms with Crippen LogP contribution in [0.25, 0.3) is 0 Å². The predicted molar refractivity (Wildman–Crippen MR) is 79.5 cm³/mol. The Balaban J connectivity index is 3.13. The summed E-state index contributed by atoms with van der Waals surface area (Å²) in [5, 5.41) is 0. The standard InChI is InChI=1S/C14H24N2O2S/c1-10(2)8-12(4)16(5)19(17,18)14-9-13(15)7-6-11(14)3/h6-7,9-10,12H,8,15H2,1-5H3. The highest BCUT2D eigenvalue weighted by molar-refractivity contribution is 7.89. The fourth-order valence-electron chi connectivity index (χ4n) is 2.12. The second kappa shape index (κ2) is 5.92. The summed E-state index contributed by atoms with van der Waals surface area (Å²) in [4.78, 5) is 0.297. The van der Waals surface area contributed by atoms with Gasteiger partial charge in [-0.05, 0) is 43.9 Å². The molecule has 5 heteroatoms. The molecular formula is C14H24N2O2S. The highest BCUT2D eigenvalue weighted by Crippen LogP contribution is 2.24. The smallest absolute Gasteiger partial charge is 0.243 e. The van der Waals surface area contributed by atoms with Gasteiger partial charge in [0.1, 0.15) is 0 Å². The molecule has 0 saturated carbocycles. The van der Waals surface area contributed by atoms with Gasteiger partial charge in [0.25, 0.3) is 0 Å². The molecule has 0 saturated heterocycles. The van der Waals surface area contributed by atoms with Crippen molar-refractivity contribution in [3.8, 4) is 0 Å². The summed E-state index contributed by atoms with van der Waals surface area (Å²) in [6.45, 7) is 7.89. The number of hydrogen-bond acceptors (Lipinski definition) is 3. The molecule has 1 aromatic carbocycles. The van der Waals surface area contributed by atoms with E-state index in [1.807, 2.05) is 6.92 Å². The number of sulfonamides is 1. The number of hydrogen-bond donors (Lipinski definition) is 1. The first-order chi connectivity index (χ1) is 8.66. The van der Waals surface area contributed by atoms with Crippen LogP contribution in [0.15, 0.2) is 23.1 Å². The highest BCUT2D eigenvalue weighted by atomic mass is 32.2. The molecule has 1 atom stereocenters. The van der Waals surface area contributed by atoms with Crippen molar-refractivity contribution < 1.29 is 8.42 Å². The number of nitrogen functional groups attached to an aromatic ring is 1. The van der Waals surface area contributed by atoms with Crippen molar-refractivity contribution in [3.63, 3.8) is 0 Å². The van der Waals surface area contributed by atoms with Crippen LogP contribution in [0.1, 0.15) is 32.8 Å². The summed E-state index contributed by atoms with van der Waals surface area (Å²) in [5.74, 6) is 0.453. The monoisotopic (exact) mass is 284 g/mol. The Labute approximate surface area is 116 Å². The number of rotatable bonds is 5. The number of anilines is 1. The normalized spacial score (nSPS) is 14.1. The summed E-state index contributed by atoms with van der Waals surface area (Å²) < 4.78 is 26.6. The molecule has 0 bridgehead atoms. The Kier molecular flexibility index (Phi) is 4.98. The van der Waals surface area contributed by atoms with Gasteiger partial charge in [0.15, 0.2) is 0 Å². The maximum absolute atomic E-state index is 12.6. The first-order valence-corrected chi connectivity index (χ1v) is 7.94. The summed E-state index contributed by atoms with van der Waals surface area (Å²) in [5.41, 5.74) is 6.89. The first kappa shape index (κ1) is 16.0. The van der Waals surface area contributed by atoms with Crippen LogP contribution in [0.3, 0.4) is 0 Å². The fourth-order valence-corrected chi connectivity index (χ4v) is 3.75. The molecule has 0 aliphatic carbocycles. The van der Waals surface area contributed by atoms with E-state index in [-0.39, 0.29) is 6.04 Å². The minimum atomic E-state index is -3.48. The van der Waals surface area contributed by atoms with E-state index in [0.29, 0.717) is 16.5 Å². The summed E-state index contributed by atoms with van der Waals surface area (Å²) in [7, 11) is -1.85. The second-order valence-corrected chi connectivity index (χ2v) is 7.49. The third-order valence-corrected chi connectivity index (χ3v) is 5.42. The molecule has 2 N–H and O–H groups in total. The molecule has 1 unspecified atom stereocenters. The van der Waals surface area contributed by atoms with Crippen molar-refractivity contribution in [2.75, 3.05) is 12.8 Å². The quantitative estimate of drug-likeness (QED) is 0.845. The summed E-state index contributed by atoms with van der Waals surface area (Å²) >= 11 is 0. The molecule has 1 rings (SSSR count). The average molecular weight is 284 g/mol. The van der Waals surface area contributed by atoms with Gasteiger partial charge in [-0.25, -0.2) is 8.42 Å². The number of benzene rings is 1. The Morgan fingerprint density at radius 2 is 1.84 bits per heavy atom. The van der Waals surface area contributed by atoms with Crippen LogP contribution in [0.2, 0.25) is 0 Å². The van der Waals surface area contributed by atoms with Gasteiger partial charge < -0.3 is 5.73 Å². The van der Waals surface area contributed by atoms with Crippen LogP contribution < -0.4 is 5.73 Å². The Morgan fingerprint density at radius 1 is 1.26 bits per heavy atom. The third-order valence-electron chi connectivity index (χ3n) is 3.30. The number of nitrogens with two attached hydrogens (primary N) is 1. The molecular weight excluding hydrogens is 260 g/mol. The van der Waals surface area contributed by atoms with E-state index in [0.717, 1.165) is 12.0 Å². The zero-order valence-electron chi connectivity index (χ0n) is 12.3. The first-order valence-electron chi connectivity index (χ1n) is 6.50. The topological polar surface area (TPSA) is 63.4 Å². The predicted octanol–water partition coefficient (Wildman–Crippen LogP) is 2.63. The lowest BCUT2D eigenvalue weighted by molar-refractivity contribution is 0.337. The van der Waals surface area contributed by atoms with Gasteiger partial charge in [0.05, 0.1) is 4.90 Å². The maximum Gasteiger partial charge on any atom is 0.243 e. The second-order valence-electron chi connectivity index (χ2n) is 5.52. The largest absolute Gasteiger partial charge is 0.399 e. The molecule has 1 aromatic rings. The Bertz CT molecular complexity index is 538. The maximum atomic E-state index is 12.6. The van der Waals surface area contributed by atoms with Crippen molar-refractivity contribution in [1.82, 2.24) is 4.31 Å². The highest BCUT2D eigenvalue weighted by Gasteiger charge is 2.27. The van der Waals surface area contributed by atoms with Crippen LogP contribution >= 0.6 is 0 Å². The fraction of sp³-hybridized carbons (Fsp3) is 0.571. The van der Waals surface area contributed by atoms with Crippen LogP contribution in [0.4, 0.5) is 5.69 Å². The van der Waals surface area contributed by atoms with Crippen molar-refractivity contribution in [1.29, 1.82) is 0 Å². The van der Waals surface area contributed by atoms with Crippen LogP contribution in [0.5, 0.6) is 0 Å². The van der Waals surface area contributed by atoms with E-state index in [9.17, 15) is 8.42 Å². The SMILES string of the molecule is Cc1ccc(N)cc1S(=O)(=O)N(C)C(C)CC(C)C. The van der Waals surface area contributed by atoms with Gasteiger partial charge in [-0.3, -0.25) is 0 Å². The molecule has 0 aliphatic rings. The van der Waals surface area contributed by atoms with E-state index in [1.54, 1.807) is 26.1 Å². The van der Waals surface area contributed by atoms with E-state index >= 15 is 0 Å². The lowest BCUT2D eigenvalue weighted by Crippen LogP contribution is -2.36. The van der Waals surface area contributed by atoms with Gasteiger partial charge in [0.2, 0.25) is 10.0 Å². The molecule has 0 aromatic heterocycles. The molecule has 0 aliphatic heterocycles. The van der Waals surface area contributed by atoms with Crippen molar-refractivity contribution >= 4 is 15.7 Å². The Morgan fingerprint density at radius 3 is 2.37 bits per heavy atom. The molecule has 4 nitrogen and oxygen atoms in total. The van der Waals surface area contributed by atoms with Gasteiger partial charge in [0, 0.05) is 18.8 Å². The third kappa shape index (κ3) is 3.70. The molecule has 0 heterocycles. The van der Waals surface area contributed by atoms with E-state index in [2.05, 4.69) is 13.8 Å². The average Bonchev–Trinajstić information content (AvgIpc) is 2.30. The van der Waals surface area contributed by atoms with Crippen molar-refractivity contribution in [2.24, 2.45) is 5.92 Å². The van der Waals surface area contributed by atoms with Gasteiger partial charge >= 0.3 is 0 Å². The summed E-state index contributed by atoms with van der Waals surface area (Å²) in [6, 6.07) is 4.95. The van der Waals surface area contributed by atoms with Crippen LogP contribution in [-0.4, -0.2) is 25.8 Å². The van der Waals surface area contributed by atoms with E-state index in [4.69, 9.17) is 5.73 Å². The molecule has 108 valence electrons. The lowest BCUT2D eigenvalue weighted by Gasteiger charge is -2.26. The zero-order chi connectivity index (χ0) is 14.8. The molecule has 0 spiro atoms. The molecule has 19 heavy (non-hydrogen) atoms. The summed E-state index contributed by atoms with van der Waals surface area (Å²) in [6.07, 6.45) is 0.830. The van der Waals surface area contributed by atoms with Gasteiger partial charge in [-0.15, -0.1) is 0 Å². The van der Waals surface area contributed by atoms with E-state index in [1.165, 1.54) is 10.4 Å². The molecule has 0 radical (unpaired) electrons. The van der Waals surface area contributed by atoms with Crippen LogP contribution in [-0.2, 0) is 10.0 Å². The molecule has 0 fully saturated rings. The van der Waals surface area contributed by atoms with Crippen molar-refractivity contribution in [2.45, 2.75) is 45.1 Å². The number of nitrogens with zero attached hydrogens (tertiary/aromatic N) is 1. The molecule has 0 amide bonds. The number of aryl methyl sites for hydroxylation is 1. The van der Waals surface area contributed by atoms with Crippen LogP contribution in [0, 0.1) is 12.8 Å². The Hall–Kier alpha value is -1.07. The lowest BCUT2D eigenvalue weighted by atomic mass is 10.1. The van der Waals surface area contributed by atoms with Gasteiger partial charge in [-0.1, -0.05) is 19.9 Å². The minimum absolute atomic E-state index is 0.0363.